The van der Waals surface area contributed by atoms with Crippen LogP contribution in [0, 0.1) is 17.4 Å². The van der Waals surface area contributed by atoms with E-state index in [1.165, 1.54) is 0 Å². The Morgan fingerprint density at radius 3 is 3.15 bits per heavy atom. The van der Waals surface area contributed by atoms with Crippen molar-refractivity contribution >= 4 is 5.91 Å². The number of nitrogens with zero attached hydrogens (tertiary/aromatic N) is 2. The van der Waals surface area contributed by atoms with Crippen LogP contribution in [0.2, 0.25) is 0 Å². The number of hydrogen-bond donors (Lipinski definition) is 1. The summed E-state index contributed by atoms with van der Waals surface area (Å²) in [7, 11) is 0. The third-order valence-corrected chi connectivity index (χ3v) is 3.00. The quantitative estimate of drug-likeness (QED) is 0.610. The molecule has 4 nitrogen and oxygen atoms in total. The monoisotopic (exact) mass is 179 g/mol. The average Bonchev–Trinajstić information content (AvgIpc) is 2.67. The van der Waals surface area contributed by atoms with Crippen LogP contribution >= 0.6 is 0 Å². The van der Waals surface area contributed by atoms with E-state index in [1.807, 2.05) is 6.92 Å². The Labute approximate surface area is 77.5 Å². The van der Waals surface area contributed by atoms with Crippen LogP contribution < -0.4 is 5.32 Å². The summed E-state index contributed by atoms with van der Waals surface area (Å²) >= 11 is 0. The van der Waals surface area contributed by atoms with Crippen molar-refractivity contribution in [2.24, 2.45) is 5.92 Å². The molecule has 1 saturated heterocycles. The van der Waals surface area contributed by atoms with Gasteiger partial charge in [-0.2, -0.15) is 5.26 Å². The van der Waals surface area contributed by atoms with E-state index in [0.717, 1.165) is 13.0 Å². The molecule has 1 amide bonds. The van der Waals surface area contributed by atoms with Gasteiger partial charge in [-0.15, -0.1) is 0 Å². The Morgan fingerprint density at radius 1 is 1.85 bits per heavy atom. The SMILES string of the molecule is CCC(=O)NC12CC1CN(C#N)C2. The van der Waals surface area contributed by atoms with Crippen LogP contribution in [0.3, 0.4) is 0 Å². The summed E-state index contributed by atoms with van der Waals surface area (Å²) < 4.78 is 0. The lowest BCUT2D eigenvalue weighted by Gasteiger charge is -2.16. The standard InChI is InChI=1S/C9H13N3O/c1-2-8(13)11-9-3-7(9)4-12(5-9)6-10/h7H,2-5H2,1H3,(H,11,13). The van der Waals surface area contributed by atoms with Crippen LogP contribution in [0.25, 0.3) is 0 Å². The second-order valence-corrected chi connectivity index (χ2v) is 3.94. The number of fused-ring (bicyclic) bond motifs is 1. The minimum atomic E-state index is -0.0389. The van der Waals surface area contributed by atoms with Gasteiger partial charge in [-0.25, -0.2) is 0 Å². The predicted molar refractivity (Wildman–Crippen MR) is 46.5 cm³/mol. The van der Waals surface area contributed by atoms with Crippen LogP contribution in [-0.2, 0) is 4.79 Å². The Bertz CT molecular complexity index is 283. The highest BCUT2D eigenvalue weighted by Crippen LogP contribution is 2.49. The predicted octanol–water partition coefficient (Wildman–Crippen LogP) is 0.0680. The lowest BCUT2D eigenvalue weighted by Crippen LogP contribution is -2.41. The largest absolute Gasteiger partial charge is 0.348 e. The second-order valence-electron chi connectivity index (χ2n) is 3.94. The molecule has 0 aromatic heterocycles. The number of hydrogen-bond acceptors (Lipinski definition) is 3. The molecular weight excluding hydrogens is 166 g/mol. The van der Waals surface area contributed by atoms with Gasteiger partial charge in [-0.1, -0.05) is 6.92 Å². The molecule has 2 rings (SSSR count). The average molecular weight is 179 g/mol. The summed E-state index contributed by atoms with van der Waals surface area (Å²) in [5, 5.41) is 11.7. The number of piperidine rings is 1. The molecule has 70 valence electrons. The van der Waals surface area contributed by atoms with Crippen molar-refractivity contribution < 1.29 is 4.79 Å². The summed E-state index contributed by atoms with van der Waals surface area (Å²) in [6.45, 7) is 3.38. The summed E-state index contributed by atoms with van der Waals surface area (Å²) in [5.74, 6) is 0.616. The first-order valence-electron chi connectivity index (χ1n) is 4.66. The summed E-state index contributed by atoms with van der Waals surface area (Å²) in [6, 6.07) is 0. The lowest BCUT2D eigenvalue weighted by molar-refractivity contribution is -0.121. The van der Waals surface area contributed by atoms with Crippen molar-refractivity contribution in [1.29, 1.82) is 5.26 Å². The van der Waals surface area contributed by atoms with Crippen molar-refractivity contribution in [2.75, 3.05) is 13.1 Å². The van der Waals surface area contributed by atoms with E-state index in [4.69, 9.17) is 5.26 Å². The van der Waals surface area contributed by atoms with E-state index >= 15 is 0 Å². The second kappa shape index (κ2) is 2.63. The van der Waals surface area contributed by atoms with Crippen molar-refractivity contribution in [1.82, 2.24) is 10.2 Å². The van der Waals surface area contributed by atoms with Crippen molar-refractivity contribution in [3.8, 4) is 6.19 Å². The Balaban J connectivity index is 1.95. The van der Waals surface area contributed by atoms with Crippen molar-refractivity contribution in [2.45, 2.75) is 25.3 Å². The molecule has 13 heavy (non-hydrogen) atoms. The fourth-order valence-electron chi connectivity index (χ4n) is 2.12. The van der Waals surface area contributed by atoms with Gasteiger partial charge in [0.25, 0.3) is 0 Å². The molecule has 0 radical (unpaired) electrons. The van der Waals surface area contributed by atoms with E-state index in [9.17, 15) is 4.79 Å². The zero-order valence-corrected chi connectivity index (χ0v) is 7.71. The van der Waals surface area contributed by atoms with Gasteiger partial charge in [0.15, 0.2) is 6.19 Å². The van der Waals surface area contributed by atoms with Gasteiger partial charge in [0.2, 0.25) is 5.91 Å². The maximum absolute atomic E-state index is 11.2. The van der Waals surface area contributed by atoms with Gasteiger partial charge in [0.05, 0.1) is 12.1 Å². The molecule has 2 unspecified atom stereocenters. The molecular formula is C9H13N3O. The molecule has 1 aliphatic carbocycles. The molecule has 1 heterocycles. The molecule has 0 aromatic rings. The summed E-state index contributed by atoms with van der Waals surface area (Å²) in [4.78, 5) is 12.9. The van der Waals surface area contributed by atoms with E-state index < -0.39 is 0 Å². The molecule has 2 aliphatic rings. The van der Waals surface area contributed by atoms with Crippen LogP contribution in [0.1, 0.15) is 19.8 Å². The Morgan fingerprint density at radius 2 is 2.62 bits per heavy atom. The fourth-order valence-corrected chi connectivity index (χ4v) is 2.12. The van der Waals surface area contributed by atoms with E-state index in [0.29, 0.717) is 18.9 Å². The van der Waals surface area contributed by atoms with E-state index in [1.54, 1.807) is 4.90 Å². The van der Waals surface area contributed by atoms with Crippen molar-refractivity contribution in [3.05, 3.63) is 0 Å². The Kier molecular flexibility index (Phi) is 1.69. The number of carbonyl (C=O) groups excluding carboxylic acids is 1. The molecule has 2 atom stereocenters. The van der Waals surface area contributed by atoms with Gasteiger partial charge >= 0.3 is 0 Å². The third kappa shape index (κ3) is 1.24. The van der Waals surface area contributed by atoms with Gasteiger partial charge in [-0.05, 0) is 6.42 Å². The zero-order chi connectivity index (χ0) is 9.47. The molecule has 0 spiro atoms. The lowest BCUT2D eigenvalue weighted by atomic mass is 10.2. The van der Waals surface area contributed by atoms with E-state index in [-0.39, 0.29) is 11.4 Å². The van der Waals surface area contributed by atoms with Gasteiger partial charge in [0, 0.05) is 18.9 Å². The molecule has 1 N–H and O–H groups in total. The number of nitriles is 1. The number of amides is 1. The molecule has 0 aromatic carbocycles. The molecule has 2 fully saturated rings. The van der Waals surface area contributed by atoms with Crippen LogP contribution in [0.4, 0.5) is 0 Å². The molecule has 4 heteroatoms. The number of carbonyl (C=O) groups is 1. The number of rotatable bonds is 2. The Hall–Kier alpha value is -1.24. The normalized spacial score (nSPS) is 35.1. The number of likely N-dealkylation sites (tertiary alicyclic amines) is 1. The van der Waals surface area contributed by atoms with Crippen LogP contribution in [0.5, 0.6) is 0 Å². The first-order valence-corrected chi connectivity index (χ1v) is 4.66. The number of nitrogens with one attached hydrogen (secondary N) is 1. The molecule has 0 bridgehead atoms. The third-order valence-electron chi connectivity index (χ3n) is 3.00. The smallest absolute Gasteiger partial charge is 0.220 e. The van der Waals surface area contributed by atoms with Crippen LogP contribution in [0.15, 0.2) is 0 Å². The molecule has 1 saturated carbocycles. The minimum Gasteiger partial charge on any atom is -0.348 e. The van der Waals surface area contributed by atoms with E-state index in [2.05, 4.69) is 11.5 Å². The highest BCUT2D eigenvalue weighted by Gasteiger charge is 2.60. The zero-order valence-electron chi connectivity index (χ0n) is 7.71. The maximum atomic E-state index is 11.2. The van der Waals surface area contributed by atoms with Crippen LogP contribution in [-0.4, -0.2) is 29.4 Å². The van der Waals surface area contributed by atoms with Gasteiger partial charge in [0.1, 0.15) is 0 Å². The maximum Gasteiger partial charge on any atom is 0.220 e. The highest BCUT2D eigenvalue weighted by atomic mass is 16.1. The van der Waals surface area contributed by atoms with Crippen molar-refractivity contribution in [3.63, 3.8) is 0 Å². The molecule has 1 aliphatic heterocycles. The highest BCUT2D eigenvalue weighted by molar-refractivity contribution is 5.77. The summed E-state index contributed by atoms with van der Waals surface area (Å²) in [5.41, 5.74) is -0.0389. The summed E-state index contributed by atoms with van der Waals surface area (Å²) in [6.07, 6.45) is 3.70. The topological polar surface area (TPSA) is 56.1 Å². The first kappa shape index (κ1) is 8.36. The fraction of sp³-hybridized carbons (Fsp3) is 0.778. The van der Waals surface area contributed by atoms with Gasteiger partial charge in [-0.3, -0.25) is 4.79 Å². The minimum absolute atomic E-state index is 0.0389. The van der Waals surface area contributed by atoms with Gasteiger partial charge < -0.3 is 10.2 Å². The first-order chi connectivity index (χ1) is 6.20.